The highest BCUT2D eigenvalue weighted by molar-refractivity contribution is 5.48. The molecule has 0 aromatic carbocycles. The van der Waals surface area contributed by atoms with Gasteiger partial charge in [-0.05, 0) is 55.6 Å². The maximum atomic E-state index is 4.39. The van der Waals surface area contributed by atoms with Crippen LogP contribution in [0.4, 0.5) is 11.8 Å². The fourth-order valence-corrected chi connectivity index (χ4v) is 3.48. The van der Waals surface area contributed by atoms with Gasteiger partial charge in [0.2, 0.25) is 5.95 Å². The summed E-state index contributed by atoms with van der Waals surface area (Å²) in [7, 11) is 1.96. The van der Waals surface area contributed by atoms with Crippen molar-refractivity contribution in [2.45, 2.75) is 25.3 Å². The Bertz CT molecular complexity index is 838. The van der Waals surface area contributed by atoms with E-state index in [2.05, 4.69) is 48.6 Å². The second-order valence-corrected chi connectivity index (χ2v) is 6.74. The Morgan fingerprint density at radius 1 is 1.12 bits per heavy atom. The van der Waals surface area contributed by atoms with E-state index in [0.29, 0.717) is 11.9 Å². The Hall–Kier alpha value is -2.80. The summed E-state index contributed by atoms with van der Waals surface area (Å²) in [6.07, 6.45) is 11.7. The van der Waals surface area contributed by atoms with Gasteiger partial charge in [0.05, 0.1) is 6.20 Å². The van der Waals surface area contributed by atoms with Crippen LogP contribution in [0, 0.1) is 0 Å². The Morgan fingerprint density at radius 3 is 2.65 bits per heavy atom. The van der Waals surface area contributed by atoms with Crippen LogP contribution in [-0.4, -0.2) is 42.7 Å². The number of hydrogen-bond acceptors (Lipinski definition) is 6. The summed E-state index contributed by atoms with van der Waals surface area (Å²) in [5.41, 5.74) is 2.61. The first-order valence-electron chi connectivity index (χ1n) is 8.96. The molecule has 7 nitrogen and oxygen atoms in total. The lowest BCUT2D eigenvalue weighted by atomic mass is 9.90. The molecule has 0 bridgehead atoms. The number of aromatic nitrogens is 5. The standard InChI is InChI=1S/C19H23N7/c1-25-13-15(12-23-25)14-26-9-4-16(5-10-26)17-3-8-20-18(11-17)24-19-21-6-2-7-22-19/h2-3,6-8,11-13,16H,4-5,9-10,14H2,1H3,(H,20,21,22,24). The number of nitrogens with one attached hydrogen (secondary N) is 1. The van der Waals surface area contributed by atoms with Gasteiger partial charge < -0.3 is 5.32 Å². The summed E-state index contributed by atoms with van der Waals surface area (Å²) in [4.78, 5) is 15.3. The highest BCUT2D eigenvalue weighted by Gasteiger charge is 2.21. The number of nitrogens with zero attached hydrogens (tertiary/aromatic N) is 6. The molecular weight excluding hydrogens is 326 g/mol. The van der Waals surface area contributed by atoms with E-state index in [1.807, 2.05) is 24.1 Å². The summed E-state index contributed by atoms with van der Waals surface area (Å²) < 4.78 is 1.87. The molecule has 7 heteroatoms. The summed E-state index contributed by atoms with van der Waals surface area (Å²) in [5, 5.41) is 7.43. The van der Waals surface area contributed by atoms with Crippen molar-refractivity contribution in [2.75, 3.05) is 18.4 Å². The zero-order valence-electron chi connectivity index (χ0n) is 14.9. The smallest absolute Gasteiger partial charge is 0.228 e. The largest absolute Gasteiger partial charge is 0.309 e. The quantitative estimate of drug-likeness (QED) is 0.764. The Morgan fingerprint density at radius 2 is 1.92 bits per heavy atom. The number of piperidine rings is 1. The van der Waals surface area contributed by atoms with Crippen LogP contribution in [0.15, 0.2) is 49.2 Å². The van der Waals surface area contributed by atoms with Crippen molar-refractivity contribution in [3.05, 3.63) is 60.3 Å². The first-order valence-corrected chi connectivity index (χ1v) is 8.96. The van der Waals surface area contributed by atoms with Crippen LogP contribution in [0.2, 0.25) is 0 Å². The first-order chi connectivity index (χ1) is 12.8. The normalized spacial score (nSPS) is 15.9. The van der Waals surface area contributed by atoms with Gasteiger partial charge in [-0.2, -0.15) is 5.10 Å². The van der Waals surface area contributed by atoms with Gasteiger partial charge in [0.25, 0.3) is 0 Å². The molecule has 1 aliphatic rings. The zero-order valence-corrected chi connectivity index (χ0v) is 14.9. The number of likely N-dealkylation sites (tertiary alicyclic amines) is 1. The molecule has 1 fully saturated rings. The van der Waals surface area contributed by atoms with Gasteiger partial charge in [0.15, 0.2) is 0 Å². The lowest BCUT2D eigenvalue weighted by molar-refractivity contribution is 0.204. The predicted octanol–water partition coefficient (Wildman–Crippen LogP) is 2.73. The molecule has 0 atom stereocenters. The third-order valence-corrected chi connectivity index (χ3v) is 4.81. The van der Waals surface area contributed by atoms with E-state index in [9.17, 15) is 0 Å². The van der Waals surface area contributed by atoms with Crippen molar-refractivity contribution in [3.8, 4) is 0 Å². The van der Waals surface area contributed by atoms with Gasteiger partial charge >= 0.3 is 0 Å². The average molecular weight is 349 g/mol. The highest BCUT2D eigenvalue weighted by Crippen LogP contribution is 2.29. The molecule has 1 aliphatic heterocycles. The van der Waals surface area contributed by atoms with Gasteiger partial charge in [-0.1, -0.05) is 0 Å². The van der Waals surface area contributed by atoms with Crippen molar-refractivity contribution in [2.24, 2.45) is 7.05 Å². The van der Waals surface area contributed by atoms with Gasteiger partial charge in [-0.3, -0.25) is 9.58 Å². The maximum Gasteiger partial charge on any atom is 0.228 e. The summed E-state index contributed by atoms with van der Waals surface area (Å²) in [6, 6.07) is 6.05. The summed E-state index contributed by atoms with van der Waals surface area (Å²) in [5.74, 6) is 1.94. The van der Waals surface area contributed by atoms with Crippen molar-refractivity contribution in [1.82, 2.24) is 29.6 Å². The first kappa shape index (κ1) is 16.7. The van der Waals surface area contributed by atoms with E-state index < -0.39 is 0 Å². The SMILES string of the molecule is Cn1cc(CN2CCC(c3ccnc(Nc4ncccn4)c3)CC2)cn1. The lowest BCUT2D eigenvalue weighted by Gasteiger charge is -2.32. The van der Waals surface area contributed by atoms with Gasteiger partial charge in [0.1, 0.15) is 5.82 Å². The van der Waals surface area contributed by atoms with Crippen LogP contribution in [0.25, 0.3) is 0 Å². The van der Waals surface area contributed by atoms with Gasteiger partial charge in [-0.15, -0.1) is 0 Å². The van der Waals surface area contributed by atoms with E-state index >= 15 is 0 Å². The third-order valence-electron chi connectivity index (χ3n) is 4.81. The summed E-state index contributed by atoms with van der Waals surface area (Å²) >= 11 is 0. The lowest BCUT2D eigenvalue weighted by Crippen LogP contribution is -2.32. The zero-order chi connectivity index (χ0) is 17.8. The van der Waals surface area contributed by atoms with Crippen LogP contribution >= 0.6 is 0 Å². The molecule has 4 heterocycles. The monoisotopic (exact) mass is 349 g/mol. The van der Waals surface area contributed by atoms with Gasteiger partial charge in [-0.25, -0.2) is 15.0 Å². The molecule has 134 valence electrons. The second kappa shape index (κ2) is 7.61. The van der Waals surface area contributed by atoms with E-state index in [-0.39, 0.29) is 0 Å². The number of aryl methyl sites for hydroxylation is 1. The van der Waals surface area contributed by atoms with E-state index in [4.69, 9.17) is 0 Å². The Kier molecular flexibility index (Phi) is 4.88. The average Bonchev–Trinajstić information content (AvgIpc) is 3.08. The Balaban J connectivity index is 1.36. The minimum absolute atomic E-state index is 0.570. The second-order valence-electron chi connectivity index (χ2n) is 6.74. The molecular formula is C19H23N7. The fraction of sp³-hybridized carbons (Fsp3) is 0.368. The molecule has 0 unspecified atom stereocenters. The molecule has 0 amide bonds. The van der Waals surface area contributed by atoms with E-state index in [1.54, 1.807) is 18.5 Å². The van der Waals surface area contributed by atoms with Crippen molar-refractivity contribution >= 4 is 11.8 Å². The predicted molar refractivity (Wildman–Crippen MR) is 100 cm³/mol. The topological polar surface area (TPSA) is 71.8 Å². The number of anilines is 2. The molecule has 3 aromatic heterocycles. The number of hydrogen-bond donors (Lipinski definition) is 1. The van der Waals surface area contributed by atoms with Crippen LogP contribution < -0.4 is 5.32 Å². The molecule has 3 aromatic rings. The maximum absolute atomic E-state index is 4.39. The van der Waals surface area contributed by atoms with Crippen LogP contribution in [0.5, 0.6) is 0 Å². The molecule has 1 saturated heterocycles. The molecule has 1 N–H and O–H groups in total. The Labute approximate surface area is 153 Å². The summed E-state index contributed by atoms with van der Waals surface area (Å²) in [6.45, 7) is 3.19. The van der Waals surface area contributed by atoms with Crippen molar-refractivity contribution in [1.29, 1.82) is 0 Å². The minimum Gasteiger partial charge on any atom is -0.309 e. The van der Waals surface area contributed by atoms with Crippen molar-refractivity contribution in [3.63, 3.8) is 0 Å². The third kappa shape index (κ3) is 4.05. The van der Waals surface area contributed by atoms with Crippen molar-refractivity contribution < 1.29 is 0 Å². The van der Waals surface area contributed by atoms with Crippen LogP contribution in [0.3, 0.4) is 0 Å². The highest BCUT2D eigenvalue weighted by atomic mass is 15.2. The molecule has 0 aliphatic carbocycles. The molecule has 0 saturated carbocycles. The fourth-order valence-electron chi connectivity index (χ4n) is 3.48. The van der Waals surface area contributed by atoms with E-state index in [1.165, 1.54) is 11.1 Å². The molecule has 0 spiro atoms. The minimum atomic E-state index is 0.570. The number of rotatable bonds is 5. The molecule has 26 heavy (non-hydrogen) atoms. The van der Waals surface area contributed by atoms with Crippen LogP contribution in [0.1, 0.15) is 29.9 Å². The van der Waals surface area contributed by atoms with Crippen LogP contribution in [-0.2, 0) is 13.6 Å². The number of pyridine rings is 1. The van der Waals surface area contributed by atoms with Gasteiger partial charge in [0, 0.05) is 43.9 Å². The molecule has 0 radical (unpaired) electrons. The molecule has 4 rings (SSSR count). The van der Waals surface area contributed by atoms with E-state index in [0.717, 1.165) is 38.3 Å².